The first-order valence-electron chi connectivity index (χ1n) is 7.62. The molecule has 3 unspecified atom stereocenters. The van der Waals surface area contributed by atoms with Gasteiger partial charge < -0.3 is 10.1 Å². The maximum Gasteiger partial charge on any atom is 0.217 e. The van der Waals surface area contributed by atoms with Gasteiger partial charge in [0.05, 0.1) is 7.11 Å². The minimum atomic E-state index is 0.309. The number of pyridine rings is 1. The van der Waals surface area contributed by atoms with E-state index in [1.54, 1.807) is 13.3 Å². The highest BCUT2D eigenvalue weighted by Crippen LogP contribution is 2.54. The lowest BCUT2D eigenvalue weighted by atomic mass is 9.99. The fourth-order valence-electron chi connectivity index (χ4n) is 3.19. The van der Waals surface area contributed by atoms with E-state index in [1.165, 1.54) is 17.5 Å². The number of hydrogen-bond donors (Lipinski definition) is 1. The van der Waals surface area contributed by atoms with Crippen molar-refractivity contribution in [3.63, 3.8) is 0 Å². The molecule has 1 aromatic carbocycles. The number of aromatic nitrogens is 1. The molecule has 110 valence electrons. The summed E-state index contributed by atoms with van der Waals surface area (Å²) in [6, 6.07) is 15.2. The van der Waals surface area contributed by atoms with Crippen LogP contribution in [-0.4, -0.2) is 18.6 Å². The van der Waals surface area contributed by atoms with E-state index in [0.29, 0.717) is 17.9 Å². The summed E-state index contributed by atoms with van der Waals surface area (Å²) in [6.45, 7) is 3.09. The molecule has 0 spiro atoms. The molecule has 0 radical (unpaired) electrons. The average molecular weight is 282 g/mol. The van der Waals surface area contributed by atoms with Gasteiger partial charge in [0, 0.05) is 17.8 Å². The fourth-order valence-corrected chi connectivity index (χ4v) is 3.19. The van der Waals surface area contributed by atoms with Gasteiger partial charge in [-0.25, -0.2) is 4.98 Å². The first kappa shape index (κ1) is 14.1. The average Bonchev–Trinajstić information content (AvgIpc) is 3.34. The van der Waals surface area contributed by atoms with Crippen LogP contribution in [0.15, 0.2) is 48.7 Å². The Hall–Kier alpha value is -1.87. The van der Waals surface area contributed by atoms with Crippen LogP contribution in [0.3, 0.4) is 0 Å². The standard InChI is InChI=1S/C18H22N2O/c1-3-19-17(14-10-7-11-20-18(14)21-2)16-12-15(16)13-8-5-4-6-9-13/h4-11,15-17,19H,3,12H2,1-2H3. The van der Waals surface area contributed by atoms with Crippen molar-refractivity contribution in [3.05, 3.63) is 59.8 Å². The Morgan fingerprint density at radius 3 is 2.76 bits per heavy atom. The first-order valence-corrected chi connectivity index (χ1v) is 7.62. The Bertz CT molecular complexity index is 585. The van der Waals surface area contributed by atoms with Gasteiger partial charge in [-0.1, -0.05) is 43.3 Å². The first-order chi connectivity index (χ1) is 10.3. The predicted molar refractivity (Wildman–Crippen MR) is 84.5 cm³/mol. The topological polar surface area (TPSA) is 34.2 Å². The lowest BCUT2D eigenvalue weighted by Crippen LogP contribution is -2.24. The molecular formula is C18H22N2O. The Labute approximate surface area is 126 Å². The molecule has 3 rings (SSSR count). The van der Waals surface area contributed by atoms with Crippen LogP contribution in [0, 0.1) is 5.92 Å². The van der Waals surface area contributed by atoms with Crippen LogP contribution in [0.5, 0.6) is 5.88 Å². The zero-order valence-corrected chi connectivity index (χ0v) is 12.6. The lowest BCUT2D eigenvalue weighted by Gasteiger charge is -2.20. The van der Waals surface area contributed by atoms with E-state index < -0.39 is 0 Å². The van der Waals surface area contributed by atoms with Crippen LogP contribution >= 0.6 is 0 Å². The molecule has 0 saturated heterocycles. The van der Waals surface area contributed by atoms with E-state index in [4.69, 9.17) is 4.74 Å². The molecule has 1 aliphatic carbocycles. The minimum absolute atomic E-state index is 0.309. The highest BCUT2D eigenvalue weighted by Gasteiger charge is 2.44. The summed E-state index contributed by atoms with van der Waals surface area (Å²) in [5.41, 5.74) is 2.61. The van der Waals surface area contributed by atoms with Crippen molar-refractivity contribution in [3.8, 4) is 5.88 Å². The lowest BCUT2D eigenvalue weighted by molar-refractivity contribution is 0.376. The molecule has 1 aliphatic rings. The predicted octanol–water partition coefficient (Wildman–Crippen LogP) is 3.54. The summed E-state index contributed by atoms with van der Waals surface area (Å²) >= 11 is 0. The van der Waals surface area contributed by atoms with E-state index in [1.807, 2.05) is 6.07 Å². The molecule has 1 heterocycles. The Morgan fingerprint density at radius 2 is 2.05 bits per heavy atom. The SMILES string of the molecule is CCNC(c1cccnc1OC)C1CC1c1ccccc1. The summed E-state index contributed by atoms with van der Waals surface area (Å²) in [5, 5.41) is 3.62. The summed E-state index contributed by atoms with van der Waals surface area (Å²) in [4.78, 5) is 4.35. The molecule has 1 aromatic heterocycles. The van der Waals surface area contributed by atoms with Crippen molar-refractivity contribution in [2.45, 2.75) is 25.3 Å². The maximum atomic E-state index is 5.44. The van der Waals surface area contributed by atoms with E-state index in [0.717, 1.165) is 12.4 Å². The van der Waals surface area contributed by atoms with Crippen LogP contribution in [0.2, 0.25) is 0 Å². The number of methoxy groups -OCH3 is 1. The van der Waals surface area contributed by atoms with E-state index in [2.05, 4.69) is 53.6 Å². The summed E-state index contributed by atoms with van der Waals surface area (Å²) < 4.78 is 5.44. The molecule has 0 amide bonds. The summed E-state index contributed by atoms with van der Waals surface area (Å²) in [7, 11) is 1.69. The highest BCUT2D eigenvalue weighted by molar-refractivity contribution is 5.34. The van der Waals surface area contributed by atoms with E-state index >= 15 is 0 Å². The number of ether oxygens (including phenoxy) is 1. The molecule has 3 nitrogen and oxygen atoms in total. The van der Waals surface area contributed by atoms with Crippen LogP contribution < -0.4 is 10.1 Å². The summed E-state index contributed by atoms with van der Waals surface area (Å²) in [5.74, 6) is 1.99. The second-order valence-electron chi connectivity index (χ2n) is 5.55. The number of nitrogens with one attached hydrogen (secondary N) is 1. The van der Waals surface area contributed by atoms with Gasteiger partial charge in [-0.15, -0.1) is 0 Å². The van der Waals surface area contributed by atoms with Crippen LogP contribution in [0.25, 0.3) is 0 Å². The van der Waals surface area contributed by atoms with Crippen molar-refractivity contribution in [2.75, 3.05) is 13.7 Å². The van der Waals surface area contributed by atoms with Crippen LogP contribution in [-0.2, 0) is 0 Å². The van der Waals surface area contributed by atoms with Gasteiger partial charge >= 0.3 is 0 Å². The van der Waals surface area contributed by atoms with Crippen LogP contribution in [0.1, 0.15) is 36.4 Å². The van der Waals surface area contributed by atoms with Gasteiger partial charge in [0.15, 0.2) is 0 Å². The third-order valence-electron chi connectivity index (χ3n) is 4.25. The number of nitrogens with zero attached hydrogens (tertiary/aromatic N) is 1. The monoisotopic (exact) mass is 282 g/mol. The molecular weight excluding hydrogens is 260 g/mol. The molecule has 0 aliphatic heterocycles. The van der Waals surface area contributed by atoms with Crippen molar-refractivity contribution in [1.29, 1.82) is 0 Å². The zero-order valence-electron chi connectivity index (χ0n) is 12.6. The van der Waals surface area contributed by atoms with Crippen LogP contribution in [0.4, 0.5) is 0 Å². The second kappa shape index (κ2) is 6.27. The normalized spacial score (nSPS) is 21.8. The molecule has 0 bridgehead atoms. The molecule has 1 N–H and O–H groups in total. The molecule has 1 saturated carbocycles. The maximum absolute atomic E-state index is 5.44. The fraction of sp³-hybridized carbons (Fsp3) is 0.389. The molecule has 3 heteroatoms. The smallest absolute Gasteiger partial charge is 0.217 e. The van der Waals surface area contributed by atoms with Crippen molar-refractivity contribution >= 4 is 0 Å². The molecule has 3 atom stereocenters. The quantitative estimate of drug-likeness (QED) is 0.880. The summed E-state index contributed by atoms with van der Waals surface area (Å²) in [6.07, 6.45) is 3.01. The van der Waals surface area contributed by atoms with Crippen molar-refractivity contribution < 1.29 is 4.74 Å². The number of rotatable bonds is 6. The van der Waals surface area contributed by atoms with Gasteiger partial charge in [-0.05, 0) is 36.4 Å². The van der Waals surface area contributed by atoms with Gasteiger partial charge in [0.2, 0.25) is 5.88 Å². The number of hydrogen-bond acceptors (Lipinski definition) is 3. The van der Waals surface area contributed by atoms with E-state index in [9.17, 15) is 0 Å². The van der Waals surface area contributed by atoms with Gasteiger partial charge in [0.25, 0.3) is 0 Å². The van der Waals surface area contributed by atoms with Crippen molar-refractivity contribution in [1.82, 2.24) is 10.3 Å². The highest BCUT2D eigenvalue weighted by atomic mass is 16.5. The van der Waals surface area contributed by atoms with E-state index in [-0.39, 0.29) is 0 Å². The van der Waals surface area contributed by atoms with Gasteiger partial charge in [-0.2, -0.15) is 0 Å². The Balaban J connectivity index is 1.83. The number of benzene rings is 1. The third-order valence-corrected chi connectivity index (χ3v) is 4.25. The Kier molecular flexibility index (Phi) is 4.20. The molecule has 2 aromatic rings. The third kappa shape index (κ3) is 2.93. The zero-order chi connectivity index (χ0) is 14.7. The molecule has 21 heavy (non-hydrogen) atoms. The van der Waals surface area contributed by atoms with Crippen molar-refractivity contribution in [2.24, 2.45) is 5.92 Å². The second-order valence-corrected chi connectivity index (χ2v) is 5.55. The minimum Gasteiger partial charge on any atom is -0.481 e. The van der Waals surface area contributed by atoms with Gasteiger partial charge in [-0.3, -0.25) is 0 Å². The Morgan fingerprint density at radius 1 is 1.24 bits per heavy atom. The largest absolute Gasteiger partial charge is 0.481 e. The molecule has 1 fully saturated rings. The van der Waals surface area contributed by atoms with Gasteiger partial charge in [0.1, 0.15) is 0 Å².